The van der Waals surface area contributed by atoms with Crippen molar-refractivity contribution in [3.8, 4) is 11.3 Å². The molecule has 0 aliphatic heterocycles. The quantitative estimate of drug-likeness (QED) is 0.534. The lowest BCUT2D eigenvalue weighted by Gasteiger charge is -2.04. The average molecular weight is 376 g/mol. The first-order chi connectivity index (χ1) is 13.3. The number of aryl methyl sites for hydroxylation is 1. The van der Waals surface area contributed by atoms with Crippen molar-refractivity contribution in [2.75, 3.05) is 6.54 Å². The highest BCUT2D eigenvalue weighted by atomic mass is 32.1. The van der Waals surface area contributed by atoms with E-state index in [0.29, 0.717) is 25.8 Å². The molecule has 136 valence electrons. The lowest BCUT2D eigenvalue weighted by atomic mass is 10.2. The molecule has 5 nitrogen and oxygen atoms in total. The summed E-state index contributed by atoms with van der Waals surface area (Å²) < 4.78 is 2.05. The minimum absolute atomic E-state index is 0.0484. The average Bonchev–Trinajstić information content (AvgIpc) is 3.35. The molecule has 27 heavy (non-hydrogen) atoms. The number of nitrogens with one attached hydrogen (secondary N) is 1. The summed E-state index contributed by atoms with van der Waals surface area (Å²) in [6.45, 7) is 0.583. The molecule has 4 rings (SSSR count). The van der Waals surface area contributed by atoms with Gasteiger partial charge in [0.05, 0.1) is 22.4 Å². The first kappa shape index (κ1) is 17.4. The Labute approximate surface area is 161 Å². The molecule has 0 aliphatic carbocycles. The number of thiazole rings is 1. The first-order valence-electron chi connectivity index (χ1n) is 8.97. The van der Waals surface area contributed by atoms with Crippen LogP contribution in [0.4, 0.5) is 0 Å². The van der Waals surface area contributed by atoms with Crippen molar-refractivity contribution in [1.82, 2.24) is 19.7 Å². The van der Waals surface area contributed by atoms with E-state index in [9.17, 15) is 4.79 Å². The monoisotopic (exact) mass is 376 g/mol. The molecule has 0 aliphatic rings. The smallest absolute Gasteiger partial charge is 0.220 e. The van der Waals surface area contributed by atoms with Crippen molar-refractivity contribution in [2.45, 2.75) is 19.3 Å². The Balaban J connectivity index is 1.25. The van der Waals surface area contributed by atoms with E-state index in [0.717, 1.165) is 27.6 Å². The number of hydrogen-bond donors (Lipinski definition) is 1. The molecule has 0 radical (unpaired) electrons. The van der Waals surface area contributed by atoms with E-state index in [-0.39, 0.29) is 5.91 Å². The van der Waals surface area contributed by atoms with Crippen LogP contribution in [0.1, 0.15) is 17.3 Å². The molecule has 6 heteroatoms. The Morgan fingerprint density at radius 3 is 2.81 bits per heavy atom. The van der Waals surface area contributed by atoms with E-state index in [1.165, 1.54) is 0 Å². The number of nitrogens with zero attached hydrogens (tertiary/aromatic N) is 3. The van der Waals surface area contributed by atoms with Gasteiger partial charge >= 0.3 is 0 Å². The van der Waals surface area contributed by atoms with Crippen molar-refractivity contribution in [2.24, 2.45) is 0 Å². The Kier molecular flexibility index (Phi) is 5.25. The Bertz CT molecular complexity index is 1040. The van der Waals surface area contributed by atoms with Gasteiger partial charge < -0.3 is 9.72 Å². The van der Waals surface area contributed by atoms with Gasteiger partial charge in [0, 0.05) is 42.9 Å². The van der Waals surface area contributed by atoms with E-state index in [2.05, 4.69) is 15.3 Å². The second kappa shape index (κ2) is 8.14. The fourth-order valence-corrected chi connectivity index (χ4v) is 3.78. The van der Waals surface area contributed by atoms with Gasteiger partial charge in [0.15, 0.2) is 0 Å². The Morgan fingerprint density at radius 2 is 1.93 bits per heavy atom. The standard InChI is InChI=1S/C21H20N4OS/c26-20(22-12-11-19-23-14-17-8-4-5-13-25(17)19)9-10-21-24-18(15-27-21)16-6-2-1-3-7-16/h1-8,13-15H,9-12H2,(H,22,26). The number of rotatable bonds is 7. The summed E-state index contributed by atoms with van der Waals surface area (Å²) in [6, 6.07) is 16.1. The Hall–Kier alpha value is -2.99. The number of benzene rings is 1. The van der Waals surface area contributed by atoms with Crippen LogP contribution >= 0.6 is 11.3 Å². The van der Waals surface area contributed by atoms with Crippen LogP contribution in [0.2, 0.25) is 0 Å². The fraction of sp³-hybridized carbons (Fsp3) is 0.190. The molecular formula is C21H20N4OS. The third-order valence-electron chi connectivity index (χ3n) is 4.37. The number of aromatic nitrogens is 3. The van der Waals surface area contributed by atoms with E-state index >= 15 is 0 Å². The third kappa shape index (κ3) is 4.23. The third-order valence-corrected chi connectivity index (χ3v) is 5.28. The number of fused-ring (bicyclic) bond motifs is 1. The molecule has 0 saturated carbocycles. The highest BCUT2D eigenvalue weighted by molar-refractivity contribution is 7.09. The lowest BCUT2D eigenvalue weighted by molar-refractivity contribution is -0.121. The highest BCUT2D eigenvalue weighted by Gasteiger charge is 2.08. The summed E-state index contributed by atoms with van der Waals surface area (Å²) in [5.41, 5.74) is 3.15. The maximum absolute atomic E-state index is 12.1. The van der Waals surface area contributed by atoms with E-state index < -0.39 is 0 Å². The van der Waals surface area contributed by atoms with Crippen LogP contribution in [0.3, 0.4) is 0 Å². The number of amides is 1. The highest BCUT2D eigenvalue weighted by Crippen LogP contribution is 2.22. The van der Waals surface area contributed by atoms with Gasteiger partial charge in [-0.15, -0.1) is 11.3 Å². The number of pyridine rings is 1. The van der Waals surface area contributed by atoms with Crippen molar-refractivity contribution in [1.29, 1.82) is 0 Å². The molecular weight excluding hydrogens is 356 g/mol. The first-order valence-corrected chi connectivity index (χ1v) is 9.85. The zero-order valence-electron chi connectivity index (χ0n) is 14.8. The molecule has 0 spiro atoms. The number of carbonyl (C=O) groups is 1. The zero-order chi connectivity index (χ0) is 18.5. The number of hydrogen-bond acceptors (Lipinski definition) is 4. The van der Waals surface area contributed by atoms with Crippen LogP contribution in [0, 0.1) is 0 Å². The van der Waals surface area contributed by atoms with Crippen LogP contribution in [0.15, 0.2) is 66.3 Å². The second-order valence-electron chi connectivity index (χ2n) is 6.26. The largest absolute Gasteiger partial charge is 0.356 e. The molecule has 0 unspecified atom stereocenters. The van der Waals surface area contributed by atoms with Crippen LogP contribution < -0.4 is 5.32 Å². The molecule has 3 aromatic heterocycles. The van der Waals surface area contributed by atoms with Gasteiger partial charge in [-0.05, 0) is 12.1 Å². The normalized spacial score (nSPS) is 11.0. The molecule has 0 saturated heterocycles. The molecule has 1 aromatic carbocycles. The summed E-state index contributed by atoms with van der Waals surface area (Å²) in [6.07, 6.45) is 5.66. The van der Waals surface area contributed by atoms with Crippen molar-refractivity contribution >= 4 is 22.8 Å². The van der Waals surface area contributed by atoms with E-state index in [1.807, 2.05) is 70.7 Å². The summed E-state index contributed by atoms with van der Waals surface area (Å²) in [5, 5.41) is 6.02. The van der Waals surface area contributed by atoms with E-state index in [1.54, 1.807) is 11.3 Å². The molecule has 0 fully saturated rings. The number of imidazole rings is 1. The number of carbonyl (C=O) groups excluding carboxylic acids is 1. The predicted octanol–water partition coefficient (Wildman–Crippen LogP) is 3.75. The minimum Gasteiger partial charge on any atom is -0.356 e. The molecule has 0 bridgehead atoms. The summed E-state index contributed by atoms with van der Waals surface area (Å²) >= 11 is 1.61. The maximum Gasteiger partial charge on any atom is 0.220 e. The SMILES string of the molecule is O=C(CCc1nc(-c2ccccc2)cs1)NCCc1ncc2ccccn12. The van der Waals surface area contributed by atoms with Gasteiger partial charge in [-0.2, -0.15) is 0 Å². The lowest BCUT2D eigenvalue weighted by Crippen LogP contribution is -2.26. The topological polar surface area (TPSA) is 59.3 Å². The second-order valence-corrected chi connectivity index (χ2v) is 7.21. The molecule has 1 amide bonds. The van der Waals surface area contributed by atoms with Gasteiger partial charge in [-0.3, -0.25) is 4.79 Å². The van der Waals surface area contributed by atoms with Crippen molar-refractivity contribution < 1.29 is 4.79 Å². The molecule has 1 N–H and O–H groups in total. The molecule has 3 heterocycles. The minimum atomic E-state index is 0.0484. The van der Waals surface area contributed by atoms with Gasteiger partial charge in [0.25, 0.3) is 0 Å². The molecule has 0 atom stereocenters. The predicted molar refractivity (Wildman–Crippen MR) is 108 cm³/mol. The van der Waals surface area contributed by atoms with Crippen LogP contribution in [0.5, 0.6) is 0 Å². The van der Waals surface area contributed by atoms with Crippen LogP contribution in [0.25, 0.3) is 16.8 Å². The van der Waals surface area contributed by atoms with Crippen LogP contribution in [-0.4, -0.2) is 26.8 Å². The van der Waals surface area contributed by atoms with Crippen molar-refractivity contribution in [3.63, 3.8) is 0 Å². The van der Waals surface area contributed by atoms with Crippen molar-refractivity contribution in [3.05, 3.63) is 77.1 Å². The van der Waals surface area contributed by atoms with Gasteiger partial charge in [-0.25, -0.2) is 9.97 Å². The van der Waals surface area contributed by atoms with Crippen LogP contribution in [-0.2, 0) is 17.6 Å². The maximum atomic E-state index is 12.1. The molecule has 4 aromatic rings. The van der Waals surface area contributed by atoms with E-state index in [4.69, 9.17) is 0 Å². The summed E-state index contributed by atoms with van der Waals surface area (Å²) in [4.78, 5) is 21.2. The van der Waals surface area contributed by atoms with Gasteiger partial charge in [0.2, 0.25) is 5.91 Å². The van der Waals surface area contributed by atoms with Gasteiger partial charge in [0.1, 0.15) is 5.82 Å². The Morgan fingerprint density at radius 1 is 1.07 bits per heavy atom. The summed E-state index contributed by atoms with van der Waals surface area (Å²) in [7, 11) is 0. The van der Waals surface area contributed by atoms with Gasteiger partial charge in [-0.1, -0.05) is 36.4 Å². The summed E-state index contributed by atoms with van der Waals surface area (Å²) in [5.74, 6) is 1.01. The fourth-order valence-electron chi connectivity index (χ4n) is 2.97. The zero-order valence-corrected chi connectivity index (χ0v) is 15.7.